The lowest BCUT2D eigenvalue weighted by Gasteiger charge is -2.50. The first kappa shape index (κ1) is 32.4. The van der Waals surface area contributed by atoms with E-state index in [-0.39, 0.29) is 49.3 Å². The number of phenols is 1. The highest BCUT2D eigenvalue weighted by Gasteiger charge is 2.64. The number of amides is 5. The number of urea groups is 1. The van der Waals surface area contributed by atoms with Crippen molar-refractivity contribution >= 4 is 52.5 Å². The van der Waals surface area contributed by atoms with Gasteiger partial charge in [0.1, 0.15) is 17.1 Å². The number of hydrogen-bond acceptors (Lipinski definition) is 12. The minimum atomic E-state index is -2.80. The maximum absolute atomic E-state index is 14.1. The van der Waals surface area contributed by atoms with E-state index in [0.717, 1.165) is 0 Å². The van der Waals surface area contributed by atoms with Gasteiger partial charge in [0.15, 0.2) is 17.1 Å². The minimum absolute atomic E-state index is 0.0375. The molecule has 5 amide bonds. The largest absolute Gasteiger partial charge is 0.508 e. The Hall–Kier alpha value is -4.96. The Bertz CT molecular complexity index is 1680. The Labute approximate surface area is 263 Å². The van der Waals surface area contributed by atoms with E-state index in [4.69, 9.17) is 5.73 Å². The molecule has 7 N–H and O–H groups in total. The maximum Gasteiger partial charge on any atom is 0.329 e. The number of aliphatic hydroxyl groups excluding tert-OH is 2. The first-order valence-corrected chi connectivity index (χ1v) is 14.6. The number of piperazine rings is 1. The number of anilines is 2. The van der Waals surface area contributed by atoms with Gasteiger partial charge < -0.3 is 41.3 Å². The molecule has 4 aliphatic rings. The minimum Gasteiger partial charge on any atom is -0.508 e. The summed E-state index contributed by atoms with van der Waals surface area (Å²) in [6, 6.07) is -0.803. The number of imide groups is 1. The number of likely N-dealkylation sites (N-methyl/N-ethyl adjacent to an activating group) is 2. The third-order valence-electron chi connectivity index (χ3n) is 9.36. The summed E-state index contributed by atoms with van der Waals surface area (Å²) in [5.74, 6) is -9.90. The highest BCUT2D eigenvalue weighted by atomic mass is 16.3. The fourth-order valence-electron chi connectivity index (χ4n) is 7.14. The molecule has 1 aromatic carbocycles. The van der Waals surface area contributed by atoms with Crippen LogP contribution in [0.2, 0.25) is 0 Å². The third-order valence-corrected chi connectivity index (χ3v) is 9.36. The van der Waals surface area contributed by atoms with Crippen molar-refractivity contribution in [1.29, 1.82) is 0 Å². The molecular formula is C30H36N6O10. The van der Waals surface area contributed by atoms with E-state index in [1.54, 1.807) is 25.9 Å². The summed E-state index contributed by atoms with van der Waals surface area (Å²) in [7, 11) is 6.36. The summed E-state index contributed by atoms with van der Waals surface area (Å²) in [5.41, 5.74) is 1.61. The van der Waals surface area contributed by atoms with E-state index in [9.17, 15) is 49.2 Å². The van der Waals surface area contributed by atoms with E-state index < -0.39 is 81.6 Å². The molecule has 246 valence electrons. The Balaban J connectivity index is 1.63. The van der Waals surface area contributed by atoms with E-state index in [1.165, 1.54) is 30.0 Å². The Kier molecular flexibility index (Phi) is 7.85. The van der Waals surface area contributed by atoms with E-state index in [1.807, 2.05) is 0 Å². The van der Waals surface area contributed by atoms with Gasteiger partial charge in [-0.25, -0.2) is 4.79 Å². The van der Waals surface area contributed by atoms with Crippen LogP contribution in [0.3, 0.4) is 0 Å². The average molecular weight is 641 g/mol. The lowest BCUT2D eigenvalue weighted by atomic mass is 9.57. The highest BCUT2D eigenvalue weighted by Crippen LogP contribution is 2.54. The van der Waals surface area contributed by atoms with Gasteiger partial charge in [0, 0.05) is 50.9 Å². The molecule has 0 spiro atoms. The molecule has 1 aromatic rings. The summed E-state index contributed by atoms with van der Waals surface area (Å²) < 4.78 is 0. The van der Waals surface area contributed by atoms with E-state index >= 15 is 0 Å². The fraction of sp³-hybridized carbons (Fsp3) is 0.467. The number of nitrogens with one attached hydrogen (secondary N) is 1. The number of fused-ring (bicyclic) bond motifs is 3. The van der Waals surface area contributed by atoms with Crippen molar-refractivity contribution in [2.45, 2.75) is 31.4 Å². The normalized spacial score (nSPS) is 26.3. The second-order valence-corrected chi connectivity index (χ2v) is 12.3. The zero-order valence-electron chi connectivity index (χ0n) is 25.9. The predicted molar refractivity (Wildman–Crippen MR) is 162 cm³/mol. The van der Waals surface area contributed by atoms with Crippen LogP contribution < -0.4 is 16.0 Å². The van der Waals surface area contributed by atoms with Crippen molar-refractivity contribution in [3.63, 3.8) is 0 Å². The molecule has 0 bridgehead atoms. The zero-order chi connectivity index (χ0) is 34.2. The number of primary amides is 1. The van der Waals surface area contributed by atoms with Crippen LogP contribution in [0.5, 0.6) is 5.75 Å². The monoisotopic (exact) mass is 640 g/mol. The van der Waals surface area contributed by atoms with Crippen molar-refractivity contribution in [1.82, 2.24) is 14.7 Å². The molecule has 4 unspecified atom stereocenters. The third kappa shape index (κ3) is 4.50. The number of carbonyl (C=O) groups is 6. The van der Waals surface area contributed by atoms with Gasteiger partial charge in [-0.1, -0.05) is 0 Å². The quantitative estimate of drug-likeness (QED) is 0.133. The smallest absolute Gasteiger partial charge is 0.329 e. The molecule has 1 saturated heterocycles. The Morgan fingerprint density at radius 1 is 1.07 bits per heavy atom. The molecule has 2 fully saturated rings. The van der Waals surface area contributed by atoms with E-state index in [2.05, 4.69) is 5.32 Å². The SMILES string of the molecule is CCN1CCN(C(=O)Nc2cc(N(C)C)c3c(c2O)C(O)=C2C(=O)C4(O)C(O)=C(C(N)=O)C(=O)C(N(C)C)C4CC2C3)C(=O)C1=O. The van der Waals surface area contributed by atoms with Gasteiger partial charge >= 0.3 is 17.8 Å². The van der Waals surface area contributed by atoms with Crippen molar-refractivity contribution in [3.05, 3.63) is 34.1 Å². The van der Waals surface area contributed by atoms with Crippen LogP contribution in [0.25, 0.3) is 5.76 Å². The number of nitrogens with zero attached hydrogens (tertiary/aromatic N) is 4. The molecule has 16 heteroatoms. The van der Waals surface area contributed by atoms with Crippen LogP contribution in [0.15, 0.2) is 23.0 Å². The average Bonchev–Trinajstić information content (AvgIpc) is 2.97. The highest BCUT2D eigenvalue weighted by molar-refractivity contribution is 6.38. The Morgan fingerprint density at radius 2 is 1.72 bits per heavy atom. The summed E-state index contributed by atoms with van der Waals surface area (Å²) in [6.07, 6.45) is -0.0481. The summed E-state index contributed by atoms with van der Waals surface area (Å²) in [6.45, 7) is 2.00. The van der Waals surface area contributed by atoms with Gasteiger partial charge in [0.25, 0.3) is 5.91 Å². The zero-order valence-corrected chi connectivity index (χ0v) is 25.9. The second-order valence-electron chi connectivity index (χ2n) is 12.3. The van der Waals surface area contributed by atoms with E-state index in [0.29, 0.717) is 16.2 Å². The van der Waals surface area contributed by atoms with Crippen molar-refractivity contribution < 1.29 is 49.2 Å². The molecule has 1 saturated carbocycles. The lowest BCUT2D eigenvalue weighted by Crippen LogP contribution is -2.65. The molecule has 3 aliphatic carbocycles. The first-order valence-electron chi connectivity index (χ1n) is 14.6. The van der Waals surface area contributed by atoms with Crippen molar-refractivity contribution in [3.8, 4) is 5.75 Å². The first-order chi connectivity index (χ1) is 21.5. The number of hydrogen-bond donors (Lipinski definition) is 6. The molecule has 16 nitrogen and oxygen atoms in total. The predicted octanol–water partition coefficient (Wildman–Crippen LogP) is -0.747. The van der Waals surface area contributed by atoms with Crippen molar-refractivity contribution in [2.24, 2.45) is 17.6 Å². The number of ketones is 2. The van der Waals surface area contributed by atoms with Gasteiger partial charge in [-0.2, -0.15) is 0 Å². The number of phenolic OH excluding ortho intramolecular Hbond substituents is 1. The topological polar surface area (TPSA) is 234 Å². The molecule has 0 radical (unpaired) electrons. The Morgan fingerprint density at radius 3 is 2.28 bits per heavy atom. The summed E-state index contributed by atoms with van der Waals surface area (Å²) in [4.78, 5) is 82.8. The van der Waals surface area contributed by atoms with Crippen LogP contribution in [0, 0.1) is 11.8 Å². The molecule has 5 rings (SSSR count). The van der Waals surface area contributed by atoms with Gasteiger partial charge in [-0.05, 0) is 51.4 Å². The van der Waals surface area contributed by atoms with Gasteiger partial charge in [-0.15, -0.1) is 0 Å². The molecule has 1 aliphatic heterocycles. The van der Waals surface area contributed by atoms with Crippen LogP contribution >= 0.6 is 0 Å². The second kappa shape index (κ2) is 11.1. The number of nitrogens with two attached hydrogens (primary N) is 1. The van der Waals surface area contributed by atoms with Crippen LogP contribution in [0.4, 0.5) is 16.2 Å². The van der Waals surface area contributed by atoms with Crippen molar-refractivity contribution in [2.75, 3.05) is 58.0 Å². The molecule has 0 aromatic heterocycles. The van der Waals surface area contributed by atoms with Crippen LogP contribution in [-0.4, -0.2) is 130 Å². The lowest BCUT2D eigenvalue weighted by molar-refractivity contribution is -0.153. The van der Waals surface area contributed by atoms with Gasteiger partial charge in [0.05, 0.1) is 17.3 Å². The number of benzene rings is 1. The standard InChI is InChI=1S/C30H36N6O10/c1-6-35-7-8-36(28(44)27(35)43)29(45)32-15-11-16(33(2)3)13-9-12-10-14-20(34(4)5)23(39)19(26(31)42)25(41)30(14,46)24(40)17(12)22(38)18(13)21(15)37/h11-12,14,20,37-38,41,46H,6-10H2,1-5H3,(H2,31,42)(H,32,45). The summed E-state index contributed by atoms with van der Waals surface area (Å²) in [5, 5.41) is 48.3. The number of aromatic hydroxyl groups is 1. The van der Waals surface area contributed by atoms with Gasteiger partial charge in [-0.3, -0.25) is 33.8 Å². The molecule has 1 heterocycles. The number of rotatable bonds is 5. The molecular weight excluding hydrogens is 604 g/mol. The number of aliphatic hydroxyl groups is 3. The van der Waals surface area contributed by atoms with Crippen LogP contribution in [0.1, 0.15) is 24.5 Å². The maximum atomic E-state index is 14.1. The van der Waals surface area contributed by atoms with Crippen LogP contribution in [-0.2, 0) is 30.4 Å². The number of carbonyl (C=O) groups excluding carboxylic acids is 6. The summed E-state index contributed by atoms with van der Waals surface area (Å²) >= 11 is 0. The molecule has 46 heavy (non-hydrogen) atoms. The van der Waals surface area contributed by atoms with Gasteiger partial charge in [0.2, 0.25) is 5.78 Å². The number of Topliss-reactive ketones (excluding diaryl/α,β-unsaturated/α-hetero) is 2. The molecule has 4 atom stereocenters. The fourth-order valence-corrected chi connectivity index (χ4v) is 7.14.